The van der Waals surface area contributed by atoms with Crippen LogP contribution in [0.15, 0.2) is 48.5 Å². The average molecular weight is 340 g/mol. The minimum absolute atomic E-state index is 0.310. The molecule has 1 atom stereocenters. The van der Waals surface area contributed by atoms with Crippen LogP contribution in [-0.2, 0) is 11.3 Å². The van der Waals surface area contributed by atoms with Gasteiger partial charge in [-0.3, -0.25) is 4.90 Å². The van der Waals surface area contributed by atoms with Crippen LogP contribution in [-0.4, -0.2) is 42.3 Å². The van der Waals surface area contributed by atoms with Crippen molar-refractivity contribution in [2.45, 2.75) is 19.5 Å². The van der Waals surface area contributed by atoms with Crippen LogP contribution in [0.4, 0.5) is 5.69 Å². The third-order valence-corrected chi connectivity index (χ3v) is 4.66. The number of carboxylic acids is 1. The zero-order valence-electron chi connectivity index (χ0n) is 14.4. The Hall–Kier alpha value is -2.37. The average Bonchev–Trinajstić information content (AvgIpc) is 2.67. The summed E-state index contributed by atoms with van der Waals surface area (Å²) < 4.78 is 5.43. The quantitative estimate of drug-likeness (QED) is 0.844. The van der Waals surface area contributed by atoms with Gasteiger partial charge in [-0.15, -0.1) is 0 Å². The van der Waals surface area contributed by atoms with Crippen molar-refractivity contribution in [3.05, 3.63) is 65.2 Å². The highest BCUT2D eigenvalue weighted by atomic mass is 16.5. The van der Waals surface area contributed by atoms with Crippen LogP contribution in [0.1, 0.15) is 34.5 Å². The molecule has 1 aliphatic rings. The SMILES string of the molecule is CC(c1cccc(NCc2ccc(C(=O)O)cc2)c1)N1CCOCC1. The Kier molecular flexibility index (Phi) is 5.68. The summed E-state index contributed by atoms with van der Waals surface area (Å²) in [5, 5.41) is 12.4. The molecule has 25 heavy (non-hydrogen) atoms. The Morgan fingerprint density at radius 1 is 1.20 bits per heavy atom. The van der Waals surface area contributed by atoms with E-state index >= 15 is 0 Å². The number of rotatable bonds is 6. The lowest BCUT2D eigenvalue weighted by molar-refractivity contribution is 0.0199. The number of ether oxygens (including phenoxy) is 1. The van der Waals surface area contributed by atoms with Crippen LogP contribution in [0.5, 0.6) is 0 Å². The van der Waals surface area contributed by atoms with E-state index in [1.807, 2.05) is 12.1 Å². The van der Waals surface area contributed by atoms with E-state index in [0.717, 1.165) is 37.6 Å². The van der Waals surface area contributed by atoms with Gasteiger partial charge in [-0.05, 0) is 42.3 Å². The first-order valence-electron chi connectivity index (χ1n) is 8.61. The molecule has 132 valence electrons. The van der Waals surface area contributed by atoms with Crippen molar-refractivity contribution >= 4 is 11.7 Å². The highest BCUT2D eigenvalue weighted by Gasteiger charge is 2.18. The van der Waals surface area contributed by atoms with E-state index < -0.39 is 5.97 Å². The number of carbonyl (C=O) groups is 1. The van der Waals surface area contributed by atoms with Gasteiger partial charge in [0, 0.05) is 31.4 Å². The number of aromatic carboxylic acids is 1. The van der Waals surface area contributed by atoms with E-state index in [0.29, 0.717) is 18.2 Å². The number of morpholine rings is 1. The molecule has 5 heteroatoms. The molecule has 0 spiro atoms. The van der Waals surface area contributed by atoms with Crippen molar-refractivity contribution in [2.24, 2.45) is 0 Å². The second-order valence-electron chi connectivity index (χ2n) is 6.31. The van der Waals surface area contributed by atoms with Crippen LogP contribution in [0, 0.1) is 0 Å². The maximum absolute atomic E-state index is 10.9. The van der Waals surface area contributed by atoms with Crippen molar-refractivity contribution in [1.82, 2.24) is 4.90 Å². The zero-order valence-corrected chi connectivity index (χ0v) is 14.4. The molecule has 1 fully saturated rings. The predicted octanol–water partition coefficient (Wildman–Crippen LogP) is 3.39. The van der Waals surface area contributed by atoms with Gasteiger partial charge in [-0.1, -0.05) is 24.3 Å². The number of nitrogens with one attached hydrogen (secondary N) is 1. The Labute approximate surface area is 148 Å². The molecule has 0 aliphatic carbocycles. The van der Waals surface area contributed by atoms with Crippen LogP contribution in [0.3, 0.4) is 0 Å². The second kappa shape index (κ2) is 8.14. The lowest BCUT2D eigenvalue weighted by Gasteiger charge is -2.32. The molecule has 5 nitrogen and oxygen atoms in total. The predicted molar refractivity (Wildman–Crippen MR) is 98.0 cm³/mol. The third-order valence-electron chi connectivity index (χ3n) is 4.66. The van der Waals surface area contributed by atoms with Crippen molar-refractivity contribution in [3.8, 4) is 0 Å². The fraction of sp³-hybridized carbons (Fsp3) is 0.350. The lowest BCUT2D eigenvalue weighted by atomic mass is 10.1. The molecule has 1 aliphatic heterocycles. The standard InChI is InChI=1S/C20H24N2O3/c1-15(22-9-11-25-12-10-22)18-3-2-4-19(13-18)21-14-16-5-7-17(8-6-16)20(23)24/h2-8,13,15,21H,9-12,14H2,1H3,(H,23,24). The minimum Gasteiger partial charge on any atom is -0.478 e. The fourth-order valence-electron chi connectivity index (χ4n) is 3.05. The normalized spacial score (nSPS) is 16.4. The molecule has 3 rings (SSSR count). The highest BCUT2D eigenvalue weighted by Crippen LogP contribution is 2.24. The van der Waals surface area contributed by atoms with E-state index in [-0.39, 0.29) is 0 Å². The fourth-order valence-corrected chi connectivity index (χ4v) is 3.05. The lowest BCUT2D eigenvalue weighted by Crippen LogP contribution is -2.38. The Balaban J connectivity index is 1.62. The molecule has 0 amide bonds. The third kappa shape index (κ3) is 4.59. The molecule has 2 aromatic rings. The summed E-state index contributed by atoms with van der Waals surface area (Å²) in [4.78, 5) is 13.3. The first-order valence-corrected chi connectivity index (χ1v) is 8.61. The molecular formula is C20H24N2O3. The van der Waals surface area contributed by atoms with Crippen LogP contribution in [0.2, 0.25) is 0 Å². The molecule has 2 aromatic carbocycles. The summed E-state index contributed by atoms with van der Waals surface area (Å²) in [6.07, 6.45) is 0. The van der Waals surface area contributed by atoms with Gasteiger partial charge >= 0.3 is 5.97 Å². The van der Waals surface area contributed by atoms with Crippen molar-refractivity contribution in [2.75, 3.05) is 31.6 Å². The van der Waals surface area contributed by atoms with Crippen molar-refractivity contribution < 1.29 is 14.6 Å². The van der Waals surface area contributed by atoms with Gasteiger partial charge in [-0.25, -0.2) is 4.79 Å². The van der Waals surface area contributed by atoms with Gasteiger partial charge in [0.15, 0.2) is 0 Å². The minimum atomic E-state index is -0.899. The second-order valence-corrected chi connectivity index (χ2v) is 6.31. The van der Waals surface area contributed by atoms with Gasteiger partial charge < -0.3 is 15.2 Å². The Morgan fingerprint density at radius 3 is 2.60 bits per heavy atom. The number of carboxylic acid groups (broad SMARTS) is 1. The number of anilines is 1. The largest absolute Gasteiger partial charge is 0.478 e. The van der Waals surface area contributed by atoms with Gasteiger partial charge in [-0.2, -0.15) is 0 Å². The number of nitrogens with zero attached hydrogens (tertiary/aromatic N) is 1. The van der Waals surface area contributed by atoms with E-state index in [1.165, 1.54) is 5.56 Å². The first-order chi connectivity index (χ1) is 12.1. The molecule has 1 unspecified atom stereocenters. The number of hydrogen-bond donors (Lipinski definition) is 2. The summed E-state index contributed by atoms with van der Waals surface area (Å²) in [6, 6.07) is 15.8. The molecule has 0 saturated carbocycles. The van der Waals surface area contributed by atoms with E-state index in [1.54, 1.807) is 12.1 Å². The summed E-state index contributed by atoms with van der Waals surface area (Å²) in [5.74, 6) is -0.899. The smallest absolute Gasteiger partial charge is 0.335 e. The van der Waals surface area contributed by atoms with Crippen molar-refractivity contribution in [1.29, 1.82) is 0 Å². The molecule has 0 bridgehead atoms. The van der Waals surface area contributed by atoms with E-state index in [4.69, 9.17) is 9.84 Å². The Morgan fingerprint density at radius 2 is 1.92 bits per heavy atom. The van der Waals surface area contributed by atoms with Gasteiger partial charge in [0.1, 0.15) is 0 Å². The van der Waals surface area contributed by atoms with Crippen molar-refractivity contribution in [3.63, 3.8) is 0 Å². The molecule has 1 saturated heterocycles. The summed E-state index contributed by atoms with van der Waals surface area (Å²) in [5.41, 5.74) is 3.72. The van der Waals surface area contributed by atoms with Gasteiger partial charge in [0.05, 0.1) is 18.8 Å². The molecule has 2 N–H and O–H groups in total. The maximum atomic E-state index is 10.9. The molecule has 0 radical (unpaired) electrons. The van der Waals surface area contributed by atoms with E-state index in [9.17, 15) is 4.79 Å². The van der Waals surface area contributed by atoms with E-state index in [2.05, 4.69) is 41.4 Å². The summed E-state index contributed by atoms with van der Waals surface area (Å²) in [7, 11) is 0. The number of benzene rings is 2. The Bertz CT molecular complexity index is 709. The topological polar surface area (TPSA) is 61.8 Å². The molecule has 1 heterocycles. The summed E-state index contributed by atoms with van der Waals surface area (Å²) in [6.45, 7) is 6.43. The monoisotopic (exact) mass is 340 g/mol. The first kappa shape index (κ1) is 17.5. The summed E-state index contributed by atoms with van der Waals surface area (Å²) >= 11 is 0. The highest BCUT2D eigenvalue weighted by molar-refractivity contribution is 5.87. The van der Waals surface area contributed by atoms with Crippen LogP contribution in [0.25, 0.3) is 0 Å². The van der Waals surface area contributed by atoms with Gasteiger partial charge in [0.25, 0.3) is 0 Å². The van der Waals surface area contributed by atoms with Gasteiger partial charge in [0.2, 0.25) is 0 Å². The maximum Gasteiger partial charge on any atom is 0.335 e. The molecular weight excluding hydrogens is 316 g/mol. The molecule has 0 aromatic heterocycles. The zero-order chi connectivity index (χ0) is 17.6. The van der Waals surface area contributed by atoms with Crippen LogP contribution >= 0.6 is 0 Å². The van der Waals surface area contributed by atoms with Crippen LogP contribution < -0.4 is 5.32 Å². The number of hydrogen-bond acceptors (Lipinski definition) is 4.